The van der Waals surface area contributed by atoms with Crippen molar-refractivity contribution < 1.29 is 0 Å². The quantitative estimate of drug-likeness (QED) is 0.157. The molecule has 0 aliphatic heterocycles. The monoisotopic (exact) mass is 426 g/mol. The molecular formula is C24H28BrP. The van der Waals surface area contributed by atoms with Gasteiger partial charge < -0.3 is 0 Å². The van der Waals surface area contributed by atoms with Crippen molar-refractivity contribution in [1.82, 2.24) is 0 Å². The van der Waals surface area contributed by atoms with Crippen LogP contribution in [0.5, 0.6) is 0 Å². The highest BCUT2D eigenvalue weighted by Crippen LogP contribution is 2.43. The second-order valence-electron chi connectivity index (χ2n) is 6.50. The fourth-order valence-electron chi connectivity index (χ4n) is 3.76. The van der Waals surface area contributed by atoms with Gasteiger partial charge in [-0.05, 0) is 29.5 Å². The Bertz CT molecular complexity index is 644. The third-order valence-electron chi connectivity index (χ3n) is 4.99. The van der Waals surface area contributed by atoms with Crippen LogP contribution < -0.4 is 0 Å². The lowest BCUT2D eigenvalue weighted by atomic mass is 9.66. The summed E-state index contributed by atoms with van der Waals surface area (Å²) in [7, 11) is 0. The summed E-state index contributed by atoms with van der Waals surface area (Å²) in [6.45, 7) is 0. The van der Waals surface area contributed by atoms with Crippen molar-refractivity contribution in [2.75, 3.05) is 5.33 Å². The minimum Gasteiger partial charge on any atom is -0.153 e. The first-order chi connectivity index (χ1) is 12.4. The predicted molar refractivity (Wildman–Crippen MR) is 123 cm³/mol. The molecule has 0 saturated carbocycles. The number of halogens is 1. The zero-order valence-corrected chi connectivity index (χ0v) is 18.3. The topological polar surface area (TPSA) is 0 Å². The third kappa shape index (κ3) is 4.64. The first kappa shape index (κ1) is 20.9. The summed E-state index contributed by atoms with van der Waals surface area (Å²) in [4.78, 5) is 0. The van der Waals surface area contributed by atoms with E-state index in [4.69, 9.17) is 0 Å². The van der Waals surface area contributed by atoms with Gasteiger partial charge in [-0.1, -0.05) is 120 Å². The normalized spacial score (nSPS) is 11.0. The Labute approximate surface area is 169 Å². The minimum absolute atomic E-state index is 0. The minimum atomic E-state index is -0.0872. The smallest absolute Gasteiger partial charge is 0.0451 e. The van der Waals surface area contributed by atoms with E-state index in [1.54, 1.807) is 0 Å². The van der Waals surface area contributed by atoms with Gasteiger partial charge in [0.2, 0.25) is 0 Å². The molecule has 0 amide bonds. The van der Waals surface area contributed by atoms with Gasteiger partial charge in [0.25, 0.3) is 0 Å². The summed E-state index contributed by atoms with van der Waals surface area (Å²) in [5.74, 6) is 0. The molecule has 0 bridgehead atoms. The van der Waals surface area contributed by atoms with Gasteiger partial charge in [0, 0.05) is 10.7 Å². The van der Waals surface area contributed by atoms with E-state index in [0.29, 0.717) is 0 Å². The van der Waals surface area contributed by atoms with Crippen molar-refractivity contribution in [3.8, 4) is 0 Å². The summed E-state index contributed by atoms with van der Waals surface area (Å²) < 4.78 is 0. The zero-order valence-electron chi connectivity index (χ0n) is 15.3. The van der Waals surface area contributed by atoms with E-state index < -0.39 is 0 Å². The van der Waals surface area contributed by atoms with Crippen LogP contribution in [0.15, 0.2) is 91.0 Å². The molecule has 2 heteroatoms. The second kappa shape index (κ2) is 10.7. The van der Waals surface area contributed by atoms with E-state index in [-0.39, 0.29) is 15.3 Å². The second-order valence-corrected chi connectivity index (χ2v) is 7.30. The van der Waals surface area contributed by atoms with Gasteiger partial charge in [-0.2, -0.15) is 9.90 Å². The van der Waals surface area contributed by atoms with Crippen LogP contribution >= 0.6 is 25.8 Å². The Hall–Kier alpha value is -1.43. The molecule has 0 nitrogen and oxygen atoms in total. The maximum Gasteiger partial charge on any atom is 0.0451 e. The van der Waals surface area contributed by atoms with Gasteiger partial charge in [0.15, 0.2) is 0 Å². The van der Waals surface area contributed by atoms with E-state index in [9.17, 15) is 0 Å². The Morgan fingerprint density at radius 1 is 0.538 bits per heavy atom. The average Bonchev–Trinajstić information content (AvgIpc) is 2.70. The summed E-state index contributed by atoms with van der Waals surface area (Å²) in [6, 6.07) is 33.0. The third-order valence-corrected chi connectivity index (χ3v) is 5.55. The molecule has 0 saturated heterocycles. The van der Waals surface area contributed by atoms with Gasteiger partial charge in [-0.3, -0.25) is 0 Å². The number of hydrogen-bond acceptors (Lipinski definition) is 0. The van der Waals surface area contributed by atoms with Gasteiger partial charge in [-0.25, -0.2) is 0 Å². The number of hydrogen-bond donors (Lipinski definition) is 0. The molecule has 3 rings (SSSR count). The van der Waals surface area contributed by atoms with Crippen molar-refractivity contribution in [3.05, 3.63) is 108 Å². The molecule has 1 unspecified atom stereocenters. The molecule has 0 N–H and O–H groups in total. The zero-order chi connectivity index (χ0) is 17.4. The van der Waals surface area contributed by atoms with E-state index in [0.717, 1.165) is 11.8 Å². The van der Waals surface area contributed by atoms with Crippen LogP contribution in [0.4, 0.5) is 0 Å². The van der Waals surface area contributed by atoms with Crippen molar-refractivity contribution in [2.24, 2.45) is 0 Å². The number of rotatable bonds is 8. The molecule has 0 aliphatic carbocycles. The Morgan fingerprint density at radius 3 is 1.27 bits per heavy atom. The predicted octanol–water partition coefficient (Wildman–Crippen LogP) is 7.03. The molecule has 3 aromatic rings. The summed E-state index contributed by atoms with van der Waals surface area (Å²) in [6.07, 6.45) is 4.82. The van der Waals surface area contributed by atoms with Crippen molar-refractivity contribution in [1.29, 1.82) is 0 Å². The van der Waals surface area contributed by atoms with Crippen LogP contribution in [0.2, 0.25) is 0 Å². The lowest BCUT2D eigenvalue weighted by molar-refractivity contribution is 0.516. The fourth-order valence-corrected chi connectivity index (χ4v) is 4.16. The maximum absolute atomic E-state index is 3.56. The van der Waals surface area contributed by atoms with E-state index in [2.05, 4.69) is 107 Å². The number of alkyl halides is 1. The van der Waals surface area contributed by atoms with Gasteiger partial charge >= 0.3 is 0 Å². The first-order valence-corrected chi connectivity index (χ1v) is 10.2. The van der Waals surface area contributed by atoms with Crippen LogP contribution in [0, 0.1) is 0 Å². The SMILES string of the molecule is BrCCCCCC(c1ccccc1)(c1ccccc1)c1ccccc1.P. The number of unbranched alkanes of at least 4 members (excludes halogenated alkanes) is 2. The molecule has 3 aromatic carbocycles. The highest BCUT2D eigenvalue weighted by molar-refractivity contribution is 9.09. The molecular weight excluding hydrogens is 399 g/mol. The number of benzene rings is 3. The summed E-state index contributed by atoms with van der Waals surface area (Å²) >= 11 is 3.56. The van der Waals surface area contributed by atoms with E-state index in [1.165, 1.54) is 36.0 Å². The molecule has 0 spiro atoms. The van der Waals surface area contributed by atoms with Gasteiger partial charge in [0.1, 0.15) is 0 Å². The van der Waals surface area contributed by atoms with Crippen LogP contribution in [-0.2, 0) is 5.41 Å². The van der Waals surface area contributed by atoms with Crippen LogP contribution in [-0.4, -0.2) is 5.33 Å². The highest BCUT2D eigenvalue weighted by Gasteiger charge is 2.35. The molecule has 0 aromatic heterocycles. The van der Waals surface area contributed by atoms with Crippen LogP contribution in [0.1, 0.15) is 42.4 Å². The lowest BCUT2D eigenvalue weighted by Gasteiger charge is -2.36. The summed E-state index contributed by atoms with van der Waals surface area (Å²) in [5.41, 5.74) is 4.06. The average molecular weight is 427 g/mol. The molecule has 1 atom stereocenters. The standard InChI is InChI=1S/C24H25Br.H3P/c25-20-12-4-11-19-24(21-13-5-1-6-14-21,22-15-7-2-8-16-22)23-17-9-3-10-18-23;/h1-3,5-10,13-18H,4,11-12,19-20H2;1H3. The van der Waals surface area contributed by atoms with Crippen LogP contribution in [0.3, 0.4) is 0 Å². The van der Waals surface area contributed by atoms with Crippen LogP contribution in [0.25, 0.3) is 0 Å². The molecule has 0 radical (unpaired) electrons. The van der Waals surface area contributed by atoms with Gasteiger partial charge in [-0.15, -0.1) is 0 Å². The molecule has 26 heavy (non-hydrogen) atoms. The largest absolute Gasteiger partial charge is 0.153 e. The Morgan fingerprint density at radius 2 is 0.923 bits per heavy atom. The maximum atomic E-state index is 3.56. The highest BCUT2D eigenvalue weighted by atomic mass is 79.9. The van der Waals surface area contributed by atoms with Gasteiger partial charge in [0.05, 0.1) is 0 Å². The van der Waals surface area contributed by atoms with E-state index in [1.807, 2.05) is 0 Å². The first-order valence-electron chi connectivity index (χ1n) is 9.10. The van der Waals surface area contributed by atoms with E-state index >= 15 is 0 Å². The lowest BCUT2D eigenvalue weighted by Crippen LogP contribution is -2.29. The molecule has 136 valence electrons. The van der Waals surface area contributed by atoms with Crippen molar-refractivity contribution in [3.63, 3.8) is 0 Å². The summed E-state index contributed by atoms with van der Waals surface area (Å²) in [5, 5.41) is 1.09. The molecule has 0 aliphatic rings. The molecule has 0 heterocycles. The molecule has 0 fully saturated rings. The fraction of sp³-hybridized carbons (Fsp3) is 0.250. The van der Waals surface area contributed by atoms with Crippen molar-refractivity contribution >= 4 is 25.8 Å². The Balaban J connectivity index is 0.00000243. The Kier molecular flexibility index (Phi) is 8.55. The van der Waals surface area contributed by atoms with Crippen molar-refractivity contribution in [2.45, 2.75) is 31.1 Å².